The SMILES string of the molecule is O[C@@H](C[NH2+]C[C@@H]1COc2ccccc2O1)COCc1cccs1. The molecule has 0 radical (unpaired) electrons. The van der Waals surface area contributed by atoms with Crippen molar-refractivity contribution in [3.8, 4) is 11.5 Å². The van der Waals surface area contributed by atoms with Crippen LogP contribution in [0.15, 0.2) is 41.8 Å². The fourth-order valence-corrected chi connectivity index (χ4v) is 3.05. The average Bonchev–Trinajstić information content (AvgIpc) is 3.08. The molecule has 0 fully saturated rings. The summed E-state index contributed by atoms with van der Waals surface area (Å²) in [4.78, 5) is 1.17. The topological polar surface area (TPSA) is 64.5 Å². The van der Waals surface area contributed by atoms with Crippen molar-refractivity contribution in [1.29, 1.82) is 0 Å². The van der Waals surface area contributed by atoms with Gasteiger partial charge in [0.05, 0.1) is 13.2 Å². The van der Waals surface area contributed by atoms with E-state index in [1.807, 2.05) is 47.1 Å². The molecule has 2 atom stereocenters. The van der Waals surface area contributed by atoms with Crippen molar-refractivity contribution in [3.05, 3.63) is 46.7 Å². The monoisotopic (exact) mass is 336 g/mol. The van der Waals surface area contributed by atoms with Crippen molar-refractivity contribution >= 4 is 11.3 Å². The lowest BCUT2D eigenvalue weighted by molar-refractivity contribution is -0.666. The second-order valence-electron chi connectivity index (χ2n) is 5.51. The number of hydrogen-bond acceptors (Lipinski definition) is 5. The van der Waals surface area contributed by atoms with E-state index in [1.54, 1.807) is 11.3 Å². The molecular weight excluding hydrogens is 314 g/mol. The van der Waals surface area contributed by atoms with Gasteiger partial charge in [-0.2, -0.15) is 0 Å². The second-order valence-corrected chi connectivity index (χ2v) is 6.54. The Bertz CT molecular complexity index is 590. The zero-order valence-corrected chi connectivity index (χ0v) is 13.7. The molecule has 0 unspecified atom stereocenters. The molecule has 1 aromatic carbocycles. The van der Waals surface area contributed by atoms with Crippen LogP contribution in [0, 0.1) is 0 Å². The summed E-state index contributed by atoms with van der Waals surface area (Å²) in [6.45, 7) is 2.78. The predicted molar refractivity (Wildman–Crippen MR) is 88.0 cm³/mol. The van der Waals surface area contributed by atoms with E-state index in [2.05, 4.69) is 0 Å². The Morgan fingerprint density at radius 1 is 1.26 bits per heavy atom. The van der Waals surface area contributed by atoms with Crippen molar-refractivity contribution in [3.63, 3.8) is 0 Å². The molecule has 0 spiro atoms. The molecule has 5 nitrogen and oxygen atoms in total. The number of aliphatic hydroxyl groups is 1. The van der Waals surface area contributed by atoms with Gasteiger partial charge in [-0.05, 0) is 23.6 Å². The smallest absolute Gasteiger partial charge is 0.181 e. The first-order chi connectivity index (χ1) is 11.3. The summed E-state index contributed by atoms with van der Waals surface area (Å²) < 4.78 is 17.1. The number of thiophene rings is 1. The van der Waals surface area contributed by atoms with E-state index in [0.717, 1.165) is 18.0 Å². The fourth-order valence-electron chi connectivity index (χ4n) is 2.41. The van der Waals surface area contributed by atoms with Gasteiger partial charge in [-0.25, -0.2) is 0 Å². The van der Waals surface area contributed by atoms with Crippen LogP contribution in [0.25, 0.3) is 0 Å². The van der Waals surface area contributed by atoms with Crippen LogP contribution in [-0.4, -0.2) is 43.6 Å². The number of hydrogen-bond donors (Lipinski definition) is 2. The molecule has 1 aliphatic rings. The summed E-state index contributed by atoms with van der Waals surface area (Å²) in [7, 11) is 0. The third-order valence-electron chi connectivity index (χ3n) is 3.57. The number of benzene rings is 1. The maximum Gasteiger partial charge on any atom is 0.181 e. The van der Waals surface area contributed by atoms with Gasteiger partial charge < -0.3 is 24.6 Å². The van der Waals surface area contributed by atoms with E-state index in [4.69, 9.17) is 14.2 Å². The minimum absolute atomic E-state index is 0.00383. The van der Waals surface area contributed by atoms with E-state index >= 15 is 0 Å². The van der Waals surface area contributed by atoms with Crippen molar-refractivity contribution in [2.75, 3.05) is 26.3 Å². The summed E-state index contributed by atoms with van der Waals surface area (Å²) in [5, 5.41) is 14.0. The highest BCUT2D eigenvalue weighted by Crippen LogP contribution is 2.30. The lowest BCUT2D eigenvalue weighted by Crippen LogP contribution is -2.89. The molecule has 23 heavy (non-hydrogen) atoms. The molecule has 2 aromatic rings. The number of nitrogens with two attached hydrogens (primary N) is 1. The van der Waals surface area contributed by atoms with E-state index in [0.29, 0.717) is 26.4 Å². The number of ether oxygens (including phenoxy) is 3. The summed E-state index contributed by atoms with van der Waals surface area (Å²) in [5.41, 5.74) is 0. The first-order valence-electron chi connectivity index (χ1n) is 7.79. The first-order valence-corrected chi connectivity index (χ1v) is 8.67. The number of aliphatic hydroxyl groups excluding tert-OH is 1. The van der Waals surface area contributed by atoms with E-state index < -0.39 is 6.10 Å². The van der Waals surface area contributed by atoms with Gasteiger partial charge in [-0.15, -0.1) is 11.3 Å². The van der Waals surface area contributed by atoms with E-state index in [-0.39, 0.29) is 6.10 Å². The van der Waals surface area contributed by atoms with Crippen molar-refractivity contribution in [1.82, 2.24) is 0 Å². The molecule has 1 aromatic heterocycles. The van der Waals surface area contributed by atoms with E-state index in [1.165, 1.54) is 4.88 Å². The van der Waals surface area contributed by atoms with Gasteiger partial charge in [0.1, 0.15) is 25.8 Å². The van der Waals surface area contributed by atoms with Gasteiger partial charge in [0.25, 0.3) is 0 Å². The molecule has 124 valence electrons. The Labute approximate surface area is 139 Å². The number of fused-ring (bicyclic) bond motifs is 1. The largest absolute Gasteiger partial charge is 0.486 e. The van der Waals surface area contributed by atoms with Crippen LogP contribution >= 0.6 is 11.3 Å². The van der Waals surface area contributed by atoms with Crippen LogP contribution in [0.3, 0.4) is 0 Å². The second kappa shape index (κ2) is 8.31. The Morgan fingerprint density at radius 3 is 2.96 bits per heavy atom. The molecule has 1 aliphatic heterocycles. The molecule has 0 amide bonds. The number of para-hydroxylation sites is 2. The summed E-state index contributed by atoms with van der Waals surface area (Å²) >= 11 is 1.66. The molecular formula is C17H22NO4S+. The molecule has 6 heteroatoms. The van der Waals surface area contributed by atoms with Gasteiger partial charge in [0.15, 0.2) is 17.6 Å². The lowest BCUT2D eigenvalue weighted by atomic mass is 10.2. The maximum absolute atomic E-state index is 9.94. The molecule has 0 bridgehead atoms. The van der Waals surface area contributed by atoms with Crippen LogP contribution in [-0.2, 0) is 11.3 Å². The van der Waals surface area contributed by atoms with Crippen LogP contribution in [0.2, 0.25) is 0 Å². The number of quaternary nitrogens is 1. The average molecular weight is 336 g/mol. The molecule has 3 rings (SSSR count). The van der Waals surface area contributed by atoms with Gasteiger partial charge in [-0.3, -0.25) is 0 Å². The minimum atomic E-state index is -0.480. The zero-order valence-electron chi connectivity index (χ0n) is 12.9. The summed E-state index contributed by atoms with van der Waals surface area (Å²) in [6, 6.07) is 11.7. The molecule has 2 heterocycles. The van der Waals surface area contributed by atoms with Crippen LogP contribution in [0.5, 0.6) is 11.5 Å². The predicted octanol–water partition coefficient (Wildman–Crippen LogP) is 1.03. The third kappa shape index (κ3) is 4.94. The lowest BCUT2D eigenvalue weighted by Gasteiger charge is -2.25. The maximum atomic E-state index is 9.94. The van der Waals surface area contributed by atoms with Crippen molar-refractivity contribution in [2.24, 2.45) is 0 Å². The standard InChI is InChI=1S/C17H21NO4S/c19-13(10-20-12-15-4-3-7-23-15)8-18-9-14-11-21-16-5-1-2-6-17(16)22-14/h1-7,13-14,18-19H,8-12H2/p+1/t13-,14+/m0/s1. The molecule has 0 aliphatic carbocycles. The quantitative estimate of drug-likeness (QED) is 0.756. The highest BCUT2D eigenvalue weighted by Gasteiger charge is 2.22. The first kappa shape index (κ1) is 16.3. The summed E-state index contributed by atoms with van der Waals surface area (Å²) in [5.74, 6) is 1.59. The number of rotatable bonds is 8. The van der Waals surface area contributed by atoms with Crippen LogP contribution in [0.1, 0.15) is 4.88 Å². The molecule has 0 saturated heterocycles. The van der Waals surface area contributed by atoms with Gasteiger partial charge in [0, 0.05) is 4.88 Å². The Hall–Kier alpha value is -1.60. The van der Waals surface area contributed by atoms with E-state index in [9.17, 15) is 5.11 Å². The molecule has 3 N–H and O–H groups in total. The van der Waals surface area contributed by atoms with Gasteiger partial charge in [-0.1, -0.05) is 18.2 Å². The fraction of sp³-hybridized carbons (Fsp3) is 0.412. The van der Waals surface area contributed by atoms with Crippen molar-refractivity contribution < 1.29 is 24.6 Å². The Balaban J connectivity index is 1.30. The summed E-state index contributed by atoms with van der Waals surface area (Å²) in [6.07, 6.45) is -0.476. The van der Waals surface area contributed by atoms with Crippen LogP contribution in [0.4, 0.5) is 0 Å². The highest BCUT2D eigenvalue weighted by molar-refractivity contribution is 7.09. The van der Waals surface area contributed by atoms with Crippen molar-refractivity contribution in [2.45, 2.75) is 18.8 Å². The van der Waals surface area contributed by atoms with Crippen LogP contribution < -0.4 is 14.8 Å². The van der Waals surface area contributed by atoms with Gasteiger partial charge in [0.2, 0.25) is 0 Å². The zero-order chi connectivity index (χ0) is 15.9. The third-order valence-corrected chi connectivity index (χ3v) is 4.42. The van der Waals surface area contributed by atoms with Gasteiger partial charge >= 0.3 is 0 Å². The molecule has 0 saturated carbocycles. The normalized spacial score (nSPS) is 17.9. The highest BCUT2D eigenvalue weighted by atomic mass is 32.1. The Morgan fingerprint density at radius 2 is 2.13 bits per heavy atom. The Kier molecular flexibility index (Phi) is 5.87. The minimum Gasteiger partial charge on any atom is -0.486 e.